The molecular weight excluding hydrogens is 870 g/mol. The van der Waals surface area contributed by atoms with Gasteiger partial charge in [-0.15, -0.1) is 0 Å². The molecule has 3 N–H and O–H groups in total. The molecule has 3 saturated heterocycles. The van der Waals surface area contributed by atoms with Crippen LogP contribution in [0.2, 0.25) is 5.02 Å². The number of benzene rings is 3. The third kappa shape index (κ3) is 9.83. The number of rotatable bonds is 14. The zero-order chi connectivity index (χ0) is 46.2. The quantitative estimate of drug-likeness (QED) is 0.120. The predicted molar refractivity (Wildman–Crippen MR) is 249 cm³/mol. The normalized spacial score (nSPS) is 19.0. The average molecular weight is 927 g/mol. The summed E-state index contributed by atoms with van der Waals surface area (Å²) in [6, 6.07) is 15.2. The fraction of sp³-hybridized carbons (Fsp3) is 0.447. The maximum Gasteiger partial charge on any atom is 0.262 e. The maximum absolute atomic E-state index is 13.4. The lowest BCUT2D eigenvalue weighted by atomic mass is 9.86. The first-order chi connectivity index (χ1) is 31.1. The number of anilines is 5. The number of carbonyl (C=O) groups excluding carboxylic acids is 4. The van der Waals surface area contributed by atoms with E-state index in [0.717, 1.165) is 81.4 Å². The maximum atomic E-state index is 13.4. The molecule has 4 aliphatic heterocycles. The lowest BCUT2D eigenvalue weighted by molar-refractivity contribution is -0.136. The second-order valence-electron chi connectivity index (χ2n) is 17.7. The molecule has 3 aromatic carbocycles. The summed E-state index contributed by atoms with van der Waals surface area (Å²) in [4.78, 5) is 68.2. The van der Waals surface area contributed by atoms with Crippen molar-refractivity contribution in [2.75, 3.05) is 67.9 Å². The summed E-state index contributed by atoms with van der Waals surface area (Å²) < 4.78 is 32.6. The van der Waals surface area contributed by atoms with Gasteiger partial charge in [0.15, 0.2) is 15.7 Å². The number of likely N-dealkylation sites (tertiary alicyclic amines) is 1. The molecule has 1 atom stereocenters. The number of hydrogen-bond acceptors (Lipinski definition) is 14. The lowest BCUT2D eigenvalue weighted by Crippen LogP contribution is -2.54. The van der Waals surface area contributed by atoms with E-state index in [1.54, 1.807) is 50.2 Å². The molecule has 0 aliphatic carbocycles. The minimum Gasteiger partial charge on any atom is -0.489 e. The summed E-state index contributed by atoms with van der Waals surface area (Å²) in [5, 5.41) is 8.33. The van der Waals surface area contributed by atoms with E-state index in [1.165, 1.54) is 11.8 Å². The average Bonchev–Trinajstić information content (AvgIpc) is 3.52. The number of carbonyl (C=O) groups is 4. The van der Waals surface area contributed by atoms with Gasteiger partial charge in [0.1, 0.15) is 16.8 Å². The van der Waals surface area contributed by atoms with Gasteiger partial charge in [0.2, 0.25) is 17.8 Å². The van der Waals surface area contributed by atoms with Gasteiger partial charge in [-0.2, -0.15) is 4.98 Å². The molecule has 0 bridgehead atoms. The Bertz CT molecular complexity index is 2610. The Balaban J connectivity index is 0.849. The van der Waals surface area contributed by atoms with Crippen LogP contribution in [-0.4, -0.2) is 126 Å². The summed E-state index contributed by atoms with van der Waals surface area (Å²) in [5.74, 6) is -0.400. The number of ether oxygens (including phenoxy) is 1. The molecule has 4 aromatic rings. The number of fused-ring (bicyclic) bond motifs is 1. The van der Waals surface area contributed by atoms with Crippen LogP contribution < -0.4 is 25.6 Å². The van der Waals surface area contributed by atoms with Crippen LogP contribution in [0.5, 0.6) is 5.75 Å². The van der Waals surface area contributed by atoms with Crippen molar-refractivity contribution < 1.29 is 32.3 Å². The van der Waals surface area contributed by atoms with Crippen LogP contribution in [0.1, 0.15) is 91.1 Å². The van der Waals surface area contributed by atoms with Crippen LogP contribution in [0.4, 0.5) is 28.8 Å². The highest BCUT2D eigenvalue weighted by atomic mass is 35.5. The fourth-order valence-electron chi connectivity index (χ4n) is 9.06. The summed E-state index contributed by atoms with van der Waals surface area (Å²) in [6.45, 7) is 16.6. The number of sulfone groups is 1. The van der Waals surface area contributed by atoms with E-state index in [2.05, 4.69) is 59.7 Å². The zero-order valence-corrected chi connectivity index (χ0v) is 39.0. The highest BCUT2D eigenvalue weighted by molar-refractivity contribution is 7.92. The Hall–Kier alpha value is -5.62. The minimum atomic E-state index is -3.58. The van der Waals surface area contributed by atoms with E-state index >= 15 is 0 Å². The van der Waals surface area contributed by atoms with Gasteiger partial charge in [-0.05, 0) is 126 Å². The third-order valence-electron chi connectivity index (χ3n) is 12.7. The Morgan fingerprint density at radius 2 is 1.52 bits per heavy atom. The highest BCUT2D eigenvalue weighted by Crippen LogP contribution is 2.39. The first-order valence-electron chi connectivity index (χ1n) is 22.3. The van der Waals surface area contributed by atoms with Gasteiger partial charge in [-0.1, -0.05) is 23.7 Å². The number of nitrogens with one attached hydrogen (secondary N) is 3. The standard InChI is InChI=1S/C47H56ClN9O7S/c1-28(2)64-40-26-34(30(5)24-38(40)51-47-49-27-36(48)43(53-47)50-37-8-6-7-9-41(37)65(62,63)29(3)4)31-14-16-54(17-15-31)18-19-55-20-22-56(23-21-55)32-10-11-33-35(25-32)46(61)57(45(33)60)39-12-13-42(58)52-44(39)59/h6-11,24-29,31,39H,12-23H2,1-5H3,(H,52,58,59)(H2,49,50,51,53). The fourth-order valence-corrected chi connectivity index (χ4v) is 10.4. The third-order valence-corrected chi connectivity index (χ3v) is 15.2. The number of para-hydroxylation sites is 1. The molecule has 18 heteroatoms. The van der Waals surface area contributed by atoms with Gasteiger partial charge in [-0.25, -0.2) is 13.4 Å². The first-order valence-corrected chi connectivity index (χ1v) is 24.3. The Morgan fingerprint density at radius 3 is 2.22 bits per heavy atom. The molecule has 0 radical (unpaired) electrons. The van der Waals surface area contributed by atoms with Crippen LogP contribution in [0.15, 0.2) is 65.7 Å². The number of aromatic nitrogens is 2. The zero-order valence-electron chi connectivity index (χ0n) is 37.4. The predicted octanol–water partition coefficient (Wildman–Crippen LogP) is 6.30. The number of halogens is 1. The first kappa shape index (κ1) is 45.9. The number of amides is 4. The number of imide groups is 2. The van der Waals surface area contributed by atoms with Crippen LogP contribution in [0.3, 0.4) is 0 Å². The molecule has 344 valence electrons. The van der Waals surface area contributed by atoms with Gasteiger partial charge in [0.05, 0.1) is 44.9 Å². The van der Waals surface area contributed by atoms with Crippen molar-refractivity contribution in [3.8, 4) is 5.75 Å². The van der Waals surface area contributed by atoms with E-state index in [0.29, 0.717) is 28.6 Å². The van der Waals surface area contributed by atoms with E-state index in [-0.39, 0.29) is 46.2 Å². The summed E-state index contributed by atoms with van der Waals surface area (Å²) >= 11 is 6.53. The Morgan fingerprint density at radius 1 is 0.831 bits per heavy atom. The van der Waals surface area contributed by atoms with E-state index in [1.807, 2.05) is 19.9 Å². The largest absolute Gasteiger partial charge is 0.489 e. The van der Waals surface area contributed by atoms with Crippen molar-refractivity contribution >= 4 is 73.9 Å². The van der Waals surface area contributed by atoms with Crippen molar-refractivity contribution in [1.82, 2.24) is 30.0 Å². The smallest absolute Gasteiger partial charge is 0.262 e. The Labute approximate surface area is 385 Å². The Kier molecular flexibility index (Phi) is 13.5. The SMILES string of the molecule is Cc1cc(Nc2ncc(Cl)c(Nc3ccccc3S(=O)(=O)C(C)C)n2)c(OC(C)C)cc1C1CCN(CCN2CCN(c3ccc4c(c3)C(=O)N(C3CCC(=O)NC3=O)C4=O)CC2)CC1. The van der Waals surface area contributed by atoms with Crippen molar-refractivity contribution in [3.05, 3.63) is 88.1 Å². The summed E-state index contributed by atoms with van der Waals surface area (Å²) in [7, 11) is -3.58. The number of aryl methyl sites for hydroxylation is 1. The second kappa shape index (κ2) is 19.1. The number of piperidine rings is 2. The van der Waals surface area contributed by atoms with Crippen molar-refractivity contribution in [1.29, 1.82) is 0 Å². The van der Waals surface area contributed by atoms with Gasteiger partial charge < -0.3 is 25.2 Å². The van der Waals surface area contributed by atoms with E-state index in [4.69, 9.17) is 16.3 Å². The van der Waals surface area contributed by atoms with E-state index < -0.39 is 44.8 Å². The highest BCUT2D eigenvalue weighted by Gasteiger charge is 2.45. The topological polar surface area (TPSA) is 186 Å². The van der Waals surface area contributed by atoms with Crippen molar-refractivity contribution in [2.45, 2.75) is 88.5 Å². The minimum absolute atomic E-state index is 0.0845. The monoisotopic (exact) mass is 925 g/mol. The molecule has 0 saturated carbocycles. The molecule has 65 heavy (non-hydrogen) atoms. The molecule has 4 amide bonds. The number of piperazine rings is 1. The summed E-state index contributed by atoms with van der Waals surface area (Å²) in [6.07, 6.45) is 3.64. The lowest BCUT2D eigenvalue weighted by Gasteiger charge is -2.38. The van der Waals surface area contributed by atoms with E-state index in [9.17, 15) is 27.6 Å². The second-order valence-corrected chi connectivity index (χ2v) is 20.6. The van der Waals surface area contributed by atoms with Gasteiger partial charge in [-0.3, -0.25) is 34.3 Å². The van der Waals surface area contributed by atoms with Crippen LogP contribution in [0.25, 0.3) is 0 Å². The van der Waals surface area contributed by atoms with Crippen molar-refractivity contribution in [2.24, 2.45) is 0 Å². The molecule has 1 unspecified atom stereocenters. The molecule has 16 nitrogen and oxygen atoms in total. The molecule has 0 spiro atoms. The van der Waals surface area contributed by atoms with Gasteiger partial charge in [0.25, 0.3) is 11.8 Å². The van der Waals surface area contributed by atoms with Gasteiger partial charge in [0, 0.05) is 51.4 Å². The molecule has 3 fully saturated rings. The van der Waals surface area contributed by atoms with Crippen LogP contribution in [-0.2, 0) is 19.4 Å². The van der Waals surface area contributed by atoms with Gasteiger partial charge >= 0.3 is 0 Å². The number of hydrogen-bond donors (Lipinski definition) is 3. The number of nitrogens with zero attached hydrogens (tertiary/aromatic N) is 6. The molecule has 1 aromatic heterocycles. The summed E-state index contributed by atoms with van der Waals surface area (Å²) in [5.41, 5.74) is 4.93. The van der Waals surface area contributed by atoms with Crippen LogP contribution >= 0.6 is 11.6 Å². The molecule has 5 heterocycles. The molecule has 8 rings (SSSR count). The molecular formula is C47H56ClN9O7S. The van der Waals surface area contributed by atoms with Crippen LogP contribution in [0, 0.1) is 6.92 Å². The van der Waals surface area contributed by atoms with Crippen molar-refractivity contribution in [3.63, 3.8) is 0 Å². The molecule has 4 aliphatic rings.